The standard InChI is InChI=1S/C18H12N4S2.C15H20N2O2.C7H14N2O.C3H8.C2H4O2/c1-3-12(15-5-19-9-21-15)4-2-11(1)13-7-23-18-14(8-24-17(13)18)16-6-20-10-22-16;1-2-13(18)16-14(12-8-4-3-5-9-12)15(19)17-10-6-7-11-17;1-8-6-7(10)9-4-2-3-5-9;1-3-2;1-4-2-3/h1-10H,(H,19,21)(H,20,22);3-5,8-9,14H,2,6-7,10-11H2,1H3,(H,16,18);8H,2-6H2,1H3;3H2,1-2H3;2H,1H3. The number of amides is 3. The van der Waals surface area contributed by atoms with Crippen LogP contribution in [0, 0.1) is 0 Å². The number of nitrogens with one attached hydrogen (secondary N) is 4. The summed E-state index contributed by atoms with van der Waals surface area (Å²) in [6, 6.07) is 17.5. The lowest BCUT2D eigenvalue weighted by molar-refractivity contribution is -0.135. The van der Waals surface area contributed by atoms with Gasteiger partial charge in [-0.3, -0.25) is 19.2 Å². The van der Waals surface area contributed by atoms with Gasteiger partial charge in [0.05, 0.1) is 59.5 Å². The van der Waals surface area contributed by atoms with Crippen molar-refractivity contribution < 1.29 is 23.9 Å². The highest BCUT2D eigenvalue weighted by molar-refractivity contribution is 7.27. The van der Waals surface area contributed by atoms with Gasteiger partial charge in [-0.05, 0) is 49.4 Å². The molecule has 2 aliphatic heterocycles. The predicted molar refractivity (Wildman–Crippen MR) is 243 cm³/mol. The zero-order valence-electron chi connectivity index (χ0n) is 35.2. The van der Waals surface area contributed by atoms with Gasteiger partial charge in [-0.25, -0.2) is 9.97 Å². The number of likely N-dealkylation sites (N-methyl/N-ethyl adjacent to an activating group) is 1. The van der Waals surface area contributed by atoms with Gasteiger partial charge in [0.1, 0.15) is 6.04 Å². The average Bonchev–Trinajstić information content (AvgIpc) is 4.14. The van der Waals surface area contributed by atoms with Crippen LogP contribution in [0.15, 0.2) is 90.4 Å². The molecular formula is C45H58N8O5S2. The molecule has 3 amide bonds. The van der Waals surface area contributed by atoms with Gasteiger partial charge >= 0.3 is 0 Å². The number of hydrogen-bond acceptors (Lipinski definition) is 10. The second-order valence-corrected chi connectivity index (χ2v) is 15.7. The van der Waals surface area contributed by atoms with E-state index in [0.29, 0.717) is 19.4 Å². The fraction of sp³-hybridized carbons (Fsp3) is 0.378. The molecule has 6 heterocycles. The molecule has 8 rings (SSSR count). The van der Waals surface area contributed by atoms with Crippen LogP contribution in [-0.4, -0.2) is 101 Å². The first kappa shape index (κ1) is 47.0. The van der Waals surface area contributed by atoms with E-state index in [1.54, 1.807) is 49.3 Å². The maximum Gasteiger partial charge on any atom is 0.292 e. The van der Waals surface area contributed by atoms with E-state index in [1.165, 1.54) is 52.5 Å². The van der Waals surface area contributed by atoms with E-state index in [2.05, 4.69) is 84.2 Å². The SMILES string of the molecule is CCC.CCC(=O)NC(C(=O)N1CCCC1)c1ccccc1.CNCC(=O)N1CCCC1.COC=O.c1ncc(-c2ccc(-c3csc4c(-c5cnc[nH]5)csc34)cc2)[nH]1. The number of likely N-dealkylation sites (tertiary alicyclic amines) is 2. The number of fused-ring (bicyclic) bond motifs is 1. The Hall–Kier alpha value is -5.64. The van der Waals surface area contributed by atoms with Crippen LogP contribution < -0.4 is 10.6 Å². The third-order valence-electron chi connectivity index (χ3n) is 9.39. The number of thiophene rings is 2. The van der Waals surface area contributed by atoms with Crippen molar-refractivity contribution in [3.63, 3.8) is 0 Å². The van der Waals surface area contributed by atoms with Crippen LogP contribution in [0.3, 0.4) is 0 Å². The number of carbonyl (C=O) groups excluding carboxylic acids is 4. The third kappa shape index (κ3) is 13.7. The van der Waals surface area contributed by atoms with E-state index >= 15 is 0 Å². The van der Waals surface area contributed by atoms with E-state index < -0.39 is 6.04 Å². The minimum atomic E-state index is -0.549. The minimum absolute atomic E-state index is 0.00509. The fourth-order valence-electron chi connectivity index (χ4n) is 6.40. The van der Waals surface area contributed by atoms with Crippen LogP contribution in [0.2, 0.25) is 0 Å². The van der Waals surface area contributed by atoms with Gasteiger partial charge in [-0.1, -0.05) is 81.8 Å². The Morgan fingerprint density at radius 3 is 1.82 bits per heavy atom. The highest BCUT2D eigenvalue weighted by Crippen LogP contribution is 2.43. The smallest absolute Gasteiger partial charge is 0.292 e. The van der Waals surface area contributed by atoms with Crippen molar-refractivity contribution >= 4 is 56.3 Å². The number of hydrogen-bond donors (Lipinski definition) is 4. The molecule has 0 saturated carbocycles. The number of nitrogens with zero attached hydrogens (tertiary/aromatic N) is 4. The topological polar surface area (TPSA) is 165 Å². The van der Waals surface area contributed by atoms with Gasteiger partial charge in [0.25, 0.3) is 6.47 Å². The first-order valence-corrected chi connectivity index (χ1v) is 22.1. The fourth-order valence-corrected chi connectivity index (χ4v) is 8.84. The number of ether oxygens (including phenoxy) is 1. The van der Waals surface area contributed by atoms with Gasteiger partial charge in [0.15, 0.2) is 0 Å². The first-order chi connectivity index (χ1) is 29.3. The van der Waals surface area contributed by atoms with Crippen molar-refractivity contribution in [2.75, 3.05) is 46.9 Å². The normalized spacial score (nSPS) is 13.3. The molecule has 1 atom stereocenters. The first-order valence-electron chi connectivity index (χ1n) is 20.4. The Labute approximate surface area is 361 Å². The summed E-state index contributed by atoms with van der Waals surface area (Å²) in [4.78, 5) is 62.5. The van der Waals surface area contributed by atoms with Gasteiger partial charge in [0, 0.05) is 54.5 Å². The Morgan fingerprint density at radius 1 is 0.783 bits per heavy atom. The molecule has 0 spiro atoms. The Kier molecular flexibility index (Phi) is 20.2. The molecular weight excluding hydrogens is 797 g/mol. The molecule has 13 nitrogen and oxygen atoms in total. The number of imidazole rings is 2. The number of rotatable bonds is 10. The Morgan fingerprint density at radius 2 is 1.30 bits per heavy atom. The summed E-state index contributed by atoms with van der Waals surface area (Å²) < 4.78 is 6.51. The number of H-pyrrole nitrogens is 2. The third-order valence-corrected chi connectivity index (χ3v) is 11.5. The van der Waals surface area contributed by atoms with Crippen molar-refractivity contribution in [2.45, 2.75) is 65.3 Å². The lowest BCUT2D eigenvalue weighted by atomic mass is 10.1. The van der Waals surface area contributed by atoms with E-state index in [4.69, 9.17) is 4.79 Å². The van der Waals surface area contributed by atoms with Crippen molar-refractivity contribution in [3.05, 3.63) is 96.0 Å². The minimum Gasteiger partial charge on any atom is -0.471 e. The van der Waals surface area contributed by atoms with Crippen LogP contribution in [-0.2, 0) is 23.9 Å². The van der Waals surface area contributed by atoms with Crippen LogP contribution >= 0.6 is 22.7 Å². The lowest BCUT2D eigenvalue weighted by Crippen LogP contribution is -2.41. The second-order valence-electron chi connectivity index (χ2n) is 13.9. The summed E-state index contributed by atoms with van der Waals surface area (Å²) in [5.74, 6) is 0.145. The molecule has 60 heavy (non-hydrogen) atoms. The number of carbonyl (C=O) groups is 4. The molecule has 2 saturated heterocycles. The van der Waals surface area contributed by atoms with E-state index in [0.717, 1.165) is 61.5 Å². The molecule has 320 valence electrons. The predicted octanol–water partition coefficient (Wildman–Crippen LogP) is 8.32. The van der Waals surface area contributed by atoms with Gasteiger partial charge in [0.2, 0.25) is 17.7 Å². The summed E-state index contributed by atoms with van der Waals surface area (Å²) in [6.07, 6.45) is 13.2. The van der Waals surface area contributed by atoms with Crippen molar-refractivity contribution in [1.29, 1.82) is 0 Å². The summed E-state index contributed by atoms with van der Waals surface area (Å²) in [5.41, 5.74) is 7.87. The quantitative estimate of drug-likeness (QED) is 0.1000. The largest absolute Gasteiger partial charge is 0.471 e. The van der Waals surface area contributed by atoms with Crippen LogP contribution in [0.1, 0.15) is 70.9 Å². The van der Waals surface area contributed by atoms with Gasteiger partial charge < -0.3 is 35.1 Å². The molecule has 0 aliphatic carbocycles. The summed E-state index contributed by atoms with van der Waals surface area (Å²) >= 11 is 3.58. The van der Waals surface area contributed by atoms with Crippen molar-refractivity contribution in [1.82, 2.24) is 40.4 Å². The molecule has 15 heteroatoms. The van der Waals surface area contributed by atoms with Gasteiger partial charge in [-0.2, -0.15) is 0 Å². The molecule has 2 aliphatic rings. The Balaban J connectivity index is 0.000000196. The van der Waals surface area contributed by atoms with Crippen LogP contribution in [0.4, 0.5) is 0 Å². The number of aromatic amines is 2. The molecule has 4 aromatic heterocycles. The number of aromatic nitrogens is 4. The molecule has 2 fully saturated rings. The molecule has 6 aromatic rings. The summed E-state index contributed by atoms with van der Waals surface area (Å²) in [7, 11) is 3.11. The Bertz CT molecular complexity index is 2120. The van der Waals surface area contributed by atoms with Crippen LogP contribution in [0.5, 0.6) is 0 Å². The average molecular weight is 855 g/mol. The van der Waals surface area contributed by atoms with Crippen LogP contribution in [0.25, 0.3) is 43.0 Å². The van der Waals surface area contributed by atoms with E-state index in [1.807, 2.05) is 52.5 Å². The van der Waals surface area contributed by atoms with Crippen molar-refractivity contribution in [2.24, 2.45) is 0 Å². The van der Waals surface area contributed by atoms with Crippen molar-refractivity contribution in [3.8, 4) is 33.6 Å². The second kappa shape index (κ2) is 25.8. The maximum atomic E-state index is 12.5. The molecule has 0 bridgehead atoms. The monoisotopic (exact) mass is 854 g/mol. The van der Waals surface area contributed by atoms with E-state index in [9.17, 15) is 14.4 Å². The molecule has 1 unspecified atom stereocenters. The molecule has 4 N–H and O–H groups in total. The zero-order chi connectivity index (χ0) is 43.1. The lowest BCUT2D eigenvalue weighted by Gasteiger charge is -2.24. The van der Waals surface area contributed by atoms with Gasteiger partial charge in [-0.15, -0.1) is 22.7 Å². The highest BCUT2D eigenvalue weighted by Gasteiger charge is 2.28. The summed E-state index contributed by atoms with van der Waals surface area (Å²) in [5, 5.41) is 10.1. The highest BCUT2D eigenvalue weighted by atomic mass is 32.1. The van der Waals surface area contributed by atoms with E-state index in [-0.39, 0.29) is 17.7 Å². The maximum absolute atomic E-state index is 12.5. The zero-order valence-corrected chi connectivity index (χ0v) is 36.9. The number of methoxy groups -OCH3 is 1. The summed E-state index contributed by atoms with van der Waals surface area (Å²) in [6.45, 7) is 10.4. The molecule has 0 radical (unpaired) electrons. The number of benzene rings is 2. The molecule has 2 aromatic carbocycles.